The number of benzene rings is 1. The lowest BCUT2D eigenvalue weighted by atomic mass is 9.90. The molecule has 0 bridgehead atoms. The average Bonchev–Trinajstić information content (AvgIpc) is 2.51. The number of nitriles is 1. The van der Waals surface area contributed by atoms with Gasteiger partial charge in [-0.2, -0.15) is 18.4 Å². The lowest BCUT2D eigenvalue weighted by molar-refractivity contribution is -0.385. The van der Waals surface area contributed by atoms with E-state index in [1.165, 1.54) is 6.92 Å². The molecule has 0 heterocycles. The molecule has 10 heteroatoms. The third-order valence-electron chi connectivity index (χ3n) is 3.62. The number of carbonyl (C=O) groups is 1. The van der Waals surface area contributed by atoms with Crippen LogP contribution < -0.4 is 10.1 Å². The smallest absolute Gasteiger partial charge is 0.420 e. The largest absolute Gasteiger partial charge is 0.483 e. The fourth-order valence-electron chi connectivity index (χ4n) is 1.75. The number of hydrogen-bond acceptors (Lipinski definition) is 5. The molecular weight excluding hydrogens is 343 g/mol. The molecule has 1 aromatic rings. The summed E-state index contributed by atoms with van der Waals surface area (Å²) in [6.07, 6.45) is -4.89. The van der Waals surface area contributed by atoms with E-state index in [0.29, 0.717) is 6.07 Å². The van der Waals surface area contributed by atoms with E-state index in [1.54, 1.807) is 13.8 Å². The van der Waals surface area contributed by atoms with Gasteiger partial charge in [0, 0.05) is 12.1 Å². The minimum Gasteiger partial charge on any atom is -0.483 e. The molecule has 1 aromatic carbocycles. The Labute approximate surface area is 141 Å². The van der Waals surface area contributed by atoms with Crippen molar-refractivity contribution in [2.45, 2.75) is 32.5 Å². The minimum atomic E-state index is -4.89. The molecule has 0 radical (unpaired) electrons. The zero-order chi connectivity index (χ0) is 19.4. The Balaban J connectivity index is 2.96. The molecule has 0 aliphatic carbocycles. The number of nitro benzene ring substituents is 1. The molecule has 25 heavy (non-hydrogen) atoms. The Hall–Kier alpha value is -2.83. The highest BCUT2D eigenvalue weighted by Crippen LogP contribution is 2.38. The van der Waals surface area contributed by atoms with Crippen LogP contribution >= 0.6 is 0 Å². The summed E-state index contributed by atoms with van der Waals surface area (Å²) in [7, 11) is 0. The van der Waals surface area contributed by atoms with Crippen molar-refractivity contribution in [2.24, 2.45) is 5.92 Å². The fourth-order valence-corrected chi connectivity index (χ4v) is 1.75. The van der Waals surface area contributed by atoms with Crippen molar-refractivity contribution >= 4 is 11.6 Å². The van der Waals surface area contributed by atoms with Crippen LogP contribution in [0.2, 0.25) is 0 Å². The number of carbonyl (C=O) groups excluding carboxylic acids is 1. The number of nitro groups is 1. The lowest BCUT2D eigenvalue weighted by Crippen LogP contribution is -2.50. The van der Waals surface area contributed by atoms with Crippen LogP contribution in [0.25, 0.3) is 0 Å². The predicted molar refractivity (Wildman–Crippen MR) is 80.6 cm³/mol. The van der Waals surface area contributed by atoms with Crippen LogP contribution in [0.1, 0.15) is 26.3 Å². The summed E-state index contributed by atoms with van der Waals surface area (Å²) in [5, 5.41) is 22.1. The van der Waals surface area contributed by atoms with E-state index in [0.717, 1.165) is 12.1 Å². The number of alkyl halides is 3. The summed E-state index contributed by atoms with van der Waals surface area (Å²) in [6.45, 7) is 4.10. The van der Waals surface area contributed by atoms with Crippen molar-refractivity contribution in [3.05, 3.63) is 33.9 Å². The molecule has 1 unspecified atom stereocenters. The normalized spacial score (nSPS) is 13.7. The predicted octanol–water partition coefficient (Wildman–Crippen LogP) is 3.05. The quantitative estimate of drug-likeness (QED) is 0.621. The van der Waals surface area contributed by atoms with Gasteiger partial charge in [-0.25, -0.2) is 0 Å². The third kappa shape index (κ3) is 5.07. The van der Waals surface area contributed by atoms with Crippen molar-refractivity contribution in [1.82, 2.24) is 5.32 Å². The molecule has 1 amide bonds. The Kier molecular flexibility index (Phi) is 5.96. The van der Waals surface area contributed by atoms with Crippen LogP contribution in [-0.2, 0) is 11.0 Å². The van der Waals surface area contributed by atoms with Crippen LogP contribution in [0.5, 0.6) is 5.75 Å². The lowest BCUT2D eigenvalue weighted by Gasteiger charge is -2.27. The summed E-state index contributed by atoms with van der Waals surface area (Å²) in [4.78, 5) is 21.5. The van der Waals surface area contributed by atoms with E-state index in [1.807, 2.05) is 6.07 Å². The van der Waals surface area contributed by atoms with Crippen LogP contribution in [0.3, 0.4) is 0 Å². The van der Waals surface area contributed by atoms with Crippen molar-refractivity contribution < 1.29 is 27.6 Å². The van der Waals surface area contributed by atoms with Gasteiger partial charge in [-0.3, -0.25) is 14.9 Å². The van der Waals surface area contributed by atoms with Gasteiger partial charge in [-0.05, 0) is 18.9 Å². The van der Waals surface area contributed by atoms with Gasteiger partial charge in [-0.1, -0.05) is 13.8 Å². The van der Waals surface area contributed by atoms with Gasteiger partial charge in [0.2, 0.25) is 0 Å². The molecule has 0 aromatic heterocycles. The summed E-state index contributed by atoms with van der Waals surface area (Å²) in [5.74, 6) is -1.74. The molecular formula is C15H16F3N3O4. The maximum Gasteiger partial charge on any atom is 0.420 e. The van der Waals surface area contributed by atoms with Crippen molar-refractivity contribution in [3.63, 3.8) is 0 Å². The number of hydrogen-bond donors (Lipinski definition) is 1. The molecule has 136 valence electrons. The van der Waals surface area contributed by atoms with Gasteiger partial charge >= 0.3 is 6.18 Å². The minimum absolute atomic E-state index is 0.244. The Morgan fingerprint density at radius 2 is 2.04 bits per heavy atom. The summed E-state index contributed by atoms with van der Waals surface area (Å²) in [5.41, 5.74) is -3.31. The molecule has 0 saturated heterocycles. The fraction of sp³-hybridized carbons (Fsp3) is 0.467. The van der Waals surface area contributed by atoms with E-state index in [2.05, 4.69) is 5.32 Å². The van der Waals surface area contributed by atoms with E-state index < -0.39 is 46.2 Å². The number of ether oxygens (including phenoxy) is 1. The number of amides is 1. The van der Waals surface area contributed by atoms with Crippen LogP contribution in [0, 0.1) is 27.4 Å². The third-order valence-corrected chi connectivity index (χ3v) is 3.62. The van der Waals surface area contributed by atoms with E-state index >= 15 is 0 Å². The number of non-ortho nitro benzene ring substituents is 1. The van der Waals surface area contributed by atoms with Gasteiger partial charge in [0.05, 0.1) is 11.0 Å². The van der Waals surface area contributed by atoms with Crippen LogP contribution in [0.4, 0.5) is 18.9 Å². The zero-order valence-corrected chi connectivity index (χ0v) is 13.7. The van der Waals surface area contributed by atoms with E-state index in [-0.39, 0.29) is 5.92 Å². The first-order valence-corrected chi connectivity index (χ1v) is 7.11. The van der Waals surface area contributed by atoms with Crippen LogP contribution in [-0.4, -0.2) is 23.0 Å². The SMILES string of the molecule is CC(C)C(C)(C#N)NC(=O)COc1ccc([N+](=O)[O-])cc1C(F)(F)F. The van der Waals surface area contributed by atoms with Crippen molar-refractivity contribution in [3.8, 4) is 11.8 Å². The second kappa shape index (κ2) is 7.38. The molecule has 7 nitrogen and oxygen atoms in total. The van der Waals surface area contributed by atoms with E-state index in [9.17, 15) is 28.1 Å². The molecule has 1 atom stereocenters. The standard InChI is InChI=1S/C15H16F3N3O4/c1-9(2)14(3,8-19)20-13(22)7-25-12-5-4-10(21(23)24)6-11(12)15(16,17)18/h4-6,9H,7H2,1-3H3,(H,20,22). The molecule has 1 N–H and O–H groups in total. The maximum absolute atomic E-state index is 13.0. The zero-order valence-electron chi connectivity index (χ0n) is 13.7. The number of nitrogens with zero attached hydrogens (tertiary/aromatic N) is 2. The molecule has 0 saturated carbocycles. The summed E-state index contributed by atoms with van der Waals surface area (Å²) in [6, 6.07) is 3.88. The van der Waals surface area contributed by atoms with Gasteiger partial charge in [0.1, 0.15) is 16.9 Å². The molecule has 0 aliphatic rings. The number of nitrogens with one attached hydrogen (secondary N) is 1. The first kappa shape index (κ1) is 20.2. The monoisotopic (exact) mass is 359 g/mol. The molecule has 0 spiro atoms. The highest BCUT2D eigenvalue weighted by atomic mass is 19.4. The van der Waals surface area contributed by atoms with Gasteiger partial charge in [-0.15, -0.1) is 0 Å². The Morgan fingerprint density at radius 1 is 1.44 bits per heavy atom. The van der Waals surface area contributed by atoms with Crippen LogP contribution in [0.15, 0.2) is 18.2 Å². The topological polar surface area (TPSA) is 105 Å². The summed E-state index contributed by atoms with van der Waals surface area (Å²) < 4.78 is 43.9. The first-order valence-electron chi connectivity index (χ1n) is 7.11. The Bertz CT molecular complexity index is 713. The average molecular weight is 359 g/mol. The number of rotatable bonds is 6. The second-order valence-electron chi connectivity index (χ2n) is 5.74. The van der Waals surface area contributed by atoms with Gasteiger partial charge in [0.15, 0.2) is 6.61 Å². The highest BCUT2D eigenvalue weighted by molar-refractivity contribution is 5.79. The van der Waals surface area contributed by atoms with Gasteiger partial charge < -0.3 is 10.1 Å². The Morgan fingerprint density at radius 3 is 2.48 bits per heavy atom. The van der Waals surface area contributed by atoms with Crippen molar-refractivity contribution in [2.75, 3.05) is 6.61 Å². The van der Waals surface area contributed by atoms with E-state index in [4.69, 9.17) is 10.00 Å². The summed E-state index contributed by atoms with van der Waals surface area (Å²) >= 11 is 0. The number of halogens is 3. The molecule has 1 rings (SSSR count). The maximum atomic E-state index is 13.0. The van der Waals surface area contributed by atoms with Crippen molar-refractivity contribution in [1.29, 1.82) is 5.26 Å². The molecule has 0 fully saturated rings. The van der Waals surface area contributed by atoms with Gasteiger partial charge in [0.25, 0.3) is 11.6 Å². The first-order chi connectivity index (χ1) is 11.4. The second-order valence-corrected chi connectivity index (χ2v) is 5.74. The highest BCUT2D eigenvalue weighted by Gasteiger charge is 2.36. The molecule has 0 aliphatic heterocycles.